The number of benzene rings is 1. The Balaban J connectivity index is 1.73. The summed E-state index contributed by atoms with van der Waals surface area (Å²) in [6.07, 6.45) is 4.14. The lowest BCUT2D eigenvalue weighted by atomic mass is 10.0. The van der Waals surface area contributed by atoms with Crippen LogP contribution in [0.4, 0.5) is 20.6 Å². The van der Waals surface area contributed by atoms with Gasteiger partial charge in [0.2, 0.25) is 0 Å². The van der Waals surface area contributed by atoms with Crippen molar-refractivity contribution in [3.8, 4) is 0 Å². The Bertz CT molecular complexity index is 714. The zero-order valence-corrected chi connectivity index (χ0v) is 14.0. The zero-order chi connectivity index (χ0) is 17.8. The number of halogens is 1. The molecule has 25 heavy (non-hydrogen) atoms. The van der Waals surface area contributed by atoms with Gasteiger partial charge in [-0.15, -0.1) is 0 Å². The third-order valence-corrected chi connectivity index (χ3v) is 4.36. The predicted molar refractivity (Wildman–Crippen MR) is 93.0 cm³/mol. The van der Waals surface area contributed by atoms with Crippen molar-refractivity contribution < 1.29 is 14.3 Å². The Morgan fingerprint density at radius 1 is 1.44 bits per heavy atom. The van der Waals surface area contributed by atoms with Crippen LogP contribution in [0.3, 0.4) is 0 Å². The number of aromatic nitrogens is 2. The van der Waals surface area contributed by atoms with E-state index in [4.69, 9.17) is 0 Å². The van der Waals surface area contributed by atoms with Gasteiger partial charge in [-0.05, 0) is 38.0 Å². The number of carbonyl (C=O) groups excluding carboxylic acids is 1. The highest BCUT2D eigenvalue weighted by Crippen LogP contribution is 2.29. The molecule has 1 aromatic carbocycles. The van der Waals surface area contributed by atoms with Gasteiger partial charge in [0.15, 0.2) is 0 Å². The van der Waals surface area contributed by atoms with Crippen molar-refractivity contribution in [1.82, 2.24) is 15.5 Å². The molecule has 0 aliphatic carbocycles. The molecule has 2 aromatic rings. The van der Waals surface area contributed by atoms with Crippen LogP contribution in [-0.4, -0.2) is 40.5 Å². The molecule has 1 atom stereocenters. The number of aliphatic hydroxyl groups is 1. The second-order valence-electron chi connectivity index (χ2n) is 6.23. The maximum Gasteiger partial charge on any atom is 0.319 e. The number of hydrogen-bond donors (Lipinski definition) is 4. The molecular weight excluding hydrogens is 325 g/mol. The highest BCUT2D eigenvalue weighted by Gasteiger charge is 2.22. The van der Waals surface area contributed by atoms with Gasteiger partial charge in [0.05, 0.1) is 24.0 Å². The second-order valence-corrected chi connectivity index (χ2v) is 6.23. The number of H-pyrrole nitrogens is 1. The minimum Gasteiger partial charge on any atom is -0.393 e. The van der Waals surface area contributed by atoms with E-state index in [1.165, 1.54) is 18.3 Å². The molecule has 2 amide bonds. The third kappa shape index (κ3) is 4.27. The molecule has 1 aliphatic heterocycles. The summed E-state index contributed by atoms with van der Waals surface area (Å²) in [5.41, 5.74) is 2.14. The fourth-order valence-electron chi connectivity index (χ4n) is 3.03. The van der Waals surface area contributed by atoms with E-state index in [0.29, 0.717) is 37.2 Å². The van der Waals surface area contributed by atoms with Gasteiger partial charge >= 0.3 is 6.03 Å². The van der Waals surface area contributed by atoms with Crippen LogP contribution in [-0.2, 0) is 0 Å². The maximum atomic E-state index is 13.8. The average molecular weight is 347 g/mol. The number of urea groups is 1. The van der Waals surface area contributed by atoms with Crippen molar-refractivity contribution in [2.24, 2.45) is 0 Å². The topological polar surface area (TPSA) is 93.3 Å². The number of piperidine rings is 1. The Labute approximate surface area is 145 Å². The summed E-state index contributed by atoms with van der Waals surface area (Å²) in [5, 5.41) is 21.5. The van der Waals surface area contributed by atoms with E-state index in [0.717, 1.165) is 5.69 Å². The molecule has 3 rings (SSSR count). The van der Waals surface area contributed by atoms with Crippen molar-refractivity contribution in [3.05, 3.63) is 42.0 Å². The van der Waals surface area contributed by atoms with Gasteiger partial charge in [-0.1, -0.05) is 0 Å². The van der Waals surface area contributed by atoms with Crippen LogP contribution >= 0.6 is 0 Å². The number of rotatable bonds is 4. The lowest BCUT2D eigenvalue weighted by molar-refractivity contribution is 0.145. The standard InChI is InChI=1S/C17H22FN5O2/c1-11(21-17(25)22-13-9-19-20-10-13)15-8-12(18)2-3-16(15)23-6-4-14(24)5-7-23/h2-3,8-11,14,24H,4-7H2,1H3,(H,19,20)(H2,21,22,25)/t11-/m1/s1. The molecule has 1 aromatic heterocycles. The molecule has 1 fully saturated rings. The van der Waals surface area contributed by atoms with Crippen LogP contribution in [0.15, 0.2) is 30.6 Å². The number of carbonyl (C=O) groups is 1. The Hall–Kier alpha value is -2.61. The quantitative estimate of drug-likeness (QED) is 0.683. The lowest BCUT2D eigenvalue weighted by Gasteiger charge is -2.34. The van der Waals surface area contributed by atoms with Crippen molar-refractivity contribution in [1.29, 1.82) is 0 Å². The first-order chi connectivity index (χ1) is 12.0. The Morgan fingerprint density at radius 3 is 2.88 bits per heavy atom. The molecule has 1 aliphatic rings. The van der Waals surface area contributed by atoms with Crippen LogP contribution in [0, 0.1) is 5.82 Å². The summed E-state index contributed by atoms with van der Waals surface area (Å²) >= 11 is 0. The molecule has 8 heteroatoms. The Morgan fingerprint density at radius 2 is 2.20 bits per heavy atom. The van der Waals surface area contributed by atoms with Crippen molar-refractivity contribution >= 4 is 17.4 Å². The minimum absolute atomic E-state index is 0.281. The van der Waals surface area contributed by atoms with Gasteiger partial charge in [0, 0.05) is 30.5 Å². The van der Waals surface area contributed by atoms with E-state index in [2.05, 4.69) is 25.7 Å². The number of aliphatic hydroxyl groups excluding tert-OH is 1. The Kier molecular flexibility index (Phi) is 5.18. The van der Waals surface area contributed by atoms with Crippen molar-refractivity contribution in [3.63, 3.8) is 0 Å². The molecule has 0 spiro atoms. The highest BCUT2D eigenvalue weighted by atomic mass is 19.1. The number of hydrogen-bond acceptors (Lipinski definition) is 4. The fraction of sp³-hybridized carbons (Fsp3) is 0.412. The molecular formula is C17H22FN5O2. The van der Waals surface area contributed by atoms with Crippen LogP contribution in [0.2, 0.25) is 0 Å². The third-order valence-electron chi connectivity index (χ3n) is 4.36. The van der Waals surface area contributed by atoms with E-state index in [1.807, 2.05) is 6.92 Å². The van der Waals surface area contributed by atoms with E-state index in [-0.39, 0.29) is 18.0 Å². The maximum absolute atomic E-state index is 13.8. The number of aromatic amines is 1. The first kappa shape index (κ1) is 17.2. The first-order valence-electron chi connectivity index (χ1n) is 8.31. The van der Waals surface area contributed by atoms with Gasteiger partial charge in [0.1, 0.15) is 5.82 Å². The van der Waals surface area contributed by atoms with Crippen LogP contribution in [0.5, 0.6) is 0 Å². The van der Waals surface area contributed by atoms with Gasteiger partial charge in [-0.3, -0.25) is 5.10 Å². The molecule has 4 N–H and O–H groups in total. The molecule has 0 saturated carbocycles. The van der Waals surface area contributed by atoms with E-state index < -0.39 is 6.03 Å². The second kappa shape index (κ2) is 7.52. The molecule has 2 heterocycles. The number of anilines is 2. The zero-order valence-electron chi connectivity index (χ0n) is 14.0. The SMILES string of the molecule is C[C@@H](NC(=O)Nc1cn[nH]c1)c1cc(F)ccc1N1CCC(O)CC1. The van der Waals surface area contributed by atoms with Crippen molar-refractivity contribution in [2.75, 3.05) is 23.3 Å². The minimum atomic E-state index is -0.391. The summed E-state index contributed by atoms with van der Waals surface area (Å²) in [6.45, 7) is 3.22. The van der Waals surface area contributed by atoms with Gasteiger partial charge < -0.3 is 20.6 Å². The summed E-state index contributed by atoms with van der Waals surface area (Å²) in [4.78, 5) is 14.2. The summed E-state index contributed by atoms with van der Waals surface area (Å²) in [7, 11) is 0. The van der Waals surface area contributed by atoms with Gasteiger partial charge in [0.25, 0.3) is 0 Å². The molecule has 7 nitrogen and oxygen atoms in total. The van der Waals surface area contributed by atoms with Crippen LogP contribution in [0.1, 0.15) is 31.4 Å². The van der Waals surface area contributed by atoms with E-state index in [9.17, 15) is 14.3 Å². The van der Waals surface area contributed by atoms with Crippen molar-refractivity contribution in [2.45, 2.75) is 31.9 Å². The van der Waals surface area contributed by atoms with Crippen LogP contribution in [0.25, 0.3) is 0 Å². The highest BCUT2D eigenvalue weighted by molar-refractivity contribution is 5.89. The average Bonchev–Trinajstić information content (AvgIpc) is 3.08. The van der Waals surface area contributed by atoms with Gasteiger partial charge in [-0.25, -0.2) is 9.18 Å². The smallest absolute Gasteiger partial charge is 0.319 e. The number of nitrogens with zero attached hydrogens (tertiary/aromatic N) is 2. The first-order valence-corrected chi connectivity index (χ1v) is 8.31. The molecule has 0 unspecified atom stereocenters. The predicted octanol–water partition coefficient (Wildman–Crippen LogP) is 2.39. The number of amides is 2. The molecule has 0 radical (unpaired) electrons. The fourth-order valence-corrected chi connectivity index (χ4v) is 3.03. The summed E-state index contributed by atoms with van der Waals surface area (Å²) < 4.78 is 13.8. The summed E-state index contributed by atoms with van der Waals surface area (Å²) in [6, 6.07) is 3.82. The molecule has 134 valence electrons. The normalized spacial score (nSPS) is 16.5. The summed E-state index contributed by atoms with van der Waals surface area (Å²) in [5.74, 6) is -0.348. The lowest BCUT2D eigenvalue weighted by Crippen LogP contribution is -2.37. The molecule has 0 bridgehead atoms. The largest absolute Gasteiger partial charge is 0.393 e. The monoisotopic (exact) mass is 347 g/mol. The van der Waals surface area contributed by atoms with E-state index in [1.54, 1.807) is 12.3 Å². The number of nitrogens with one attached hydrogen (secondary N) is 3. The molecule has 1 saturated heterocycles. The van der Waals surface area contributed by atoms with Crippen LogP contribution < -0.4 is 15.5 Å². The van der Waals surface area contributed by atoms with E-state index >= 15 is 0 Å². The van der Waals surface area contributed by atoms with Gasteiger partial charge in [-0.2, -0.15) is 5.10 Å².